The Labute approximate surface area is 79.2 Å². The molecule has 0 unspecified atom stereocenters. The predicted molar refractivity (Wildman–Crippen MR) is 15.9 cm³/mol. The Hall–Kier alpha value is 1.72. The average Bonchev–Trinajstić information content (AvgIpc) is 0.811. The summed E-state index contributed by atoms with van der Waals surface area (Å²) in [5.41, 5.74) is 0. The summed E-state index contributed by atoms with van der Waals surface area (Å²) in [7, 11) is -2.42. The van der Waals surface area contributed by atoms with E-state index in [2.05, 4.69) is 0 Å². The van der Waals surface area contributed by atoms with Crippen LogP contribution >= 0.6 is 0 Å². The van der Waals surface area contributed by atoms with Gasteiger partial charge in [-0.05, 0) is 0 Å². The van der Waals surface area contributed by atoms with E-state index >= 15 is 0 Å². The van der Waals surface area contributed by atoms with Gasteiger partial charge in [0.2, 0.25) is 0 Å². The zero-order chi connectivity index (χ0) is 3.58. The molecule has 0 radical (unpaired) electrons. The van der Waals surface area contributed by atoms with Crippen LogP contribution in [0.3, 0.4) is 0 Å². The number of rotatable bonds is 0. The maximum absolute atomic E-state index is 8.64. The fourth-order valence-corrected chi connectivity index (χ4v) is 0. The fraction of sp³-hybridized carbons (Fsp3) is 0. The molecular formula is H2BClO3Sr. The maximum atomic E-state index is 8.64. The van der Waals surface area contributed by atoms with Gasteiger partial charge in [0.25, 0.3) is 0 Å². The van der Waals surface area contributed by atoms with Crippen molar-refractivity contribution in [2.75, 3.05) is 0 Å². The Balaban J connectivity index is -0.0000000450. The molecule has 0 heterocycles. The molecular weight excluding hydrogens is 182 g/mol. The van der Waals surface area contributed by atoms with Crippen molar-refractivity contribution < 1.29 is 27.5 Å². The van der Waals surface area contributed by atoms with E-state index in [-0.39, 0.29) is 57.9 Å². The molecule has 0 aromatic carbocycles. The summed E-state index contributed by atoms with van der Waals surface area (Å²) in [4.78, 5) is 0. The second-order valence-electron chi connectivity index (χ2n) is 0.326. The molecule has 0 saturated carbocycles. The van der Waals surface area contributed by atoms with Crippen LogP contribution in [0.5, 0.6) is 0 Å². The van der Waals surface area contributed by atoms with Crippen LogP contribution < -0.4 is 17.4 Å². The Kier molecular flexibility index (Phi) is 25.7. The van der Waals surface area contributed by atoms with Crippen LogP contribution in [0.15, 0.2) is 0 Å². The van der Waals surface area contributed by atoms with Gasteiger partial charge in [-0.15, -0.1) is 0 Å². The SMILES string of the molecule is [Cl-].[O-]B(O)O.[Sr+2]. The van der Waals surface area contributed by atoms with Crippen molar-refractivity contribution in [1.82, 2.24) is 0 Å². The summed E-state index contributed by atoms with van der Waals surface area (Å²) in [6.45, 7) is 0. The van der Waals surface area contributed by atoms with E-state index in [1.807, 2.05) is 0 Å². The van der Waals surface area contributed by atoms with Gasteiger partial charge in [0.15, 0.2) is 0 Å². The van der Waals surface area contributed by atoms with E-state index in [1.54, 1.807) is 0 Å². The van der Waals surface area contributed by atoms with E-state index in [1.165, 1.54) is 0 Å². The Bertz CT molecular complexity index is 15.5. The van der Waals surface area contributed by atoms with Crippen molar-refractivity contribution in [3.05, 3.63) is 0 Å². The molecule has 0 spiro atoms. The first-order valence-corrected chi connectivity index (χ1v) is 0.752. The number of hydrogen-bond donors (Lipinski definition) is 2. The Morgan fingerprint density at radius 2 is 1.33 bits per heavy atom. The van der Waals surface area contributed by atoms with E-state index in [0.29, 0.717) is 0 Å². The summed E-state index contributed by atoms with van der Waals surface area (Å²) >= 11 is 0. The number of halogens is 1. The summed E-state index contributed by atoms with van der Waals surface area (Å²) < 4.78 is 0. The van der Waals surface area contributed by atoms with E-state index in [4.69, 9.17) is 15.1 Å². The first kappa shape index (κ1) is 15.6. The minimum atomic E-state index is -2.42. The molecule has 0 atom stereocenters. The van der Waals surface area contributed by atoms with Crippen molar-refractivity contribution in [1.29, 1.82) is 0 Å². The quantitative estimate of drug-likeness (QED) is 0.368. The van der Waals surface area contributed by atoms with E-state index in [0.717, 1.165) is 0 Å². The van der Waals surface area contributed by atoms with E-state index in [9.17, 15) is 0 Å². The molecule has 0 aromatic heterocycles. The first-order valence-electron chi connectivity index (χ1n) is 0.752. The number of hydrogen-bond acceptors (Lipinski definition) is 3. The van der Waals surface area contributed by atoms with Gasteiger partial charge in [-0.25, -0.2) is 0 Å². The largest absolute Gasteiger partial charge is 2.00 e. The maximum Gasteiger partial charge on any atom is 2.00 e. The normalized spacial score (nSPS) is 4.50. The van der Waals surface area contributed by atoms with Crippen LogP contribution in [0.1, 0.15) is 0 Å². The molecule has 2 N–H and O–H groups in total. The monoisotopic (exact) mass is 184 g/mol. The van der Waals surface area contributed by atoms with Crippen molar-refractivity contribution >= 4 is 52.8 Å². The minimum absolute atomic E-state index is 0. The molecule has 6 heteroatoms. The molecule has 0 aliphatic carbocycles. The van der Waals surface area contributed by atoms with Crippen LogP contribution in [-0.4, -0.2) is 62.9 Å². The average molecular weight is 184 g/mol. The molecule has 0 aromatic rings. The summed E-state index contributed by atoms with van der Waals surface area (Å²) in [5, 5.41) is 22.8. The first-order chi connectivity index (χ1) is 1.73. The van der Waals surface area contributed by atoms with Crippen molar-refractivity contribution in [2.24, 2.45) is 0 Å². The van der Waals surface area contributed by atoms with Gasteiger partial charge < -0.3 is 27.5 Å². The molecule has 0 aliphatic heterocycles. The van der Waals surface area contributed by atoms with Gasteiger partial charge in [0.05, 0.1) is 0 Å². The molecule has 0 fully saturated rings. The second-order valence-corrected chi connectivity index (χ2v) is 0.326. The molecule has 0 aliphatic rings. The second kappa shape index (κ2) is 9.87. The zero-order valence-corrected chi connectivity index (χ0v) is 7.20. The molecule has 6 heavy (non-hydrogen) atoms. The van der Waals surface area contributed by atoms with E-state index < -0.39 is 7.32 Å². The minimum Gasteiger partial charge on any atom is -1.00 e. The third-order valence-corrected chi connectivity index (χ3v) is 0. The molecule has 32 valence electrons. The van der Waals surface area contributed by atoms with Crippen molar-refractivity contribution in [3.8, 4) is 0 Å². The van der Waals surface area contributed by atoms with Crippen LogP contribution in [0.4, 0.5) is 0 Å². The molecule has 0 amide bonds. The van der Waals surface area contributed by atoms with Crippen molar-refractivity contribution in [3.63, 3.8) is 0 Å². The smallest absolute Gasteiger partial charge is 1.00 e. The zero-order valence-electron chi connectivity index (χ0n) is 2.97. The van der Waals surface area contributed by atoms with Gasteiger partial charge >= 0.3 is 52.8 Å². The predicted octanol–water partition coefficient (Wildman–Crippen LogP) is -6.06. The van der Waals surface area contributed by atoms with Gasteiger partial charge in [0, 0.05) is 0 Å². The van der Waals surface area contributed by atoms with Crippen LogP contribution in [0.25, 0.3) is 0 Å². The third-order valence-electron chi connectivity index (χ3n) is 0. The summed E-state index contributed by atoms with van der Waals surface area (Å²) in [6, 6.07) is 0. The Morgan fingerprint density at radius 1 is 1.33 bits per heavy atom. The topological polar surface area (TPSA) is 63.5 Å². The van der Waals surface area contributed by atoms with Crippen LogP contribution in [-0.2, 0) is 0 Å². The van der Waals surface area contributed by atoms with Crippen LogP contribution in [0, 0.1) is 0 Å². The summed E-state index contributed by atoms with van der Waals surface area (Å²) in [5.74, 6) is 0. The molecule has 0 saturated heterocycles. The van der Waals surface area contributed by atoms with Crippen LogP contribution in [0.2, 0.25) is 0 Å². The molecule has 0 bridgehead atoms. The van der Waals surface area contributed by atoms with Crippen molar-refractivity contribution in [2.45, 2.75) is 0 Å². The van der Waals surface area contributed by atoms with Gasteiger partial charge in [0.1, 0.15) is 0 Å². The fourth-order valence-electron chi connectivity index (χ4n) is 0. The van der Waals surface area contributed by atoms with Gasteiger partial charge in [-0.2, -0.15) is 0 Å². The standard InChI is InChI=1S/BH2O3.ClH.Sr/c2-1(3)4;;/h2-3H;1H;/q-1;;+2/p-1. The third kappa shape index (κ3) is 43.2. The Morgan fingerprint density at radius 3 is 1.33 bits per heavy atom. The molecule has 3 nitrogen and oxygen atoms in total. The summed E-state index contributed by atoms with van der Waals surface area (Å²) in [6.07, 6.45) is 0. The van der Waals surface area contributed by atoms with Gasteiger partial charge in [-0.1, -0.05) is 0 Å². The molecule has 0 rings (SSSR count). The van der Waals surface area contributed by atoms with Gasteiger partial charge in [-0.3, -0.25) is 0 Å².